The number of anilines is 2. The predicted molar refractivity (Wildman–Crippen MR) is 75.7 cm³/mol. The maximum Gasteiger partial charge on any atom is 0.239 e. The first-order valence-corrected chi connectivity index (χ1v) is 6.32. The van der Waals surface area contributed by atoms with Gasteiger partial charge in [-0.05, 0) is 27.7 Å². The molecule has 4 N–H and O–H groups in total. The van der Waals surface area contributed by atoms with Crippen molar-refractivity contribution in [1.29, 1.82) is 0 Å². The van der Waals surface area contributed by atoms with Gasteiger partial charge < -0.3 is 10.2 Å². The van der Waals surface area contributed by atoms with E-state index in [0.29, 0.717) is 18.3 Å². The lowest BCUT2D eigenvalue weighted by molar-refractivity contribution is -0.120. The van der Waals surface area contributed by atoms with E-state index in [2.05, 4.69) is 20.7 Å². The van der Waals surface area contributed by atoms with E-state index in [1.54, 1.807) is 6.20 Å². The third-order valence-electron chi connectivity index (χ3n) is 2.54. The van der Waals surface area contributed by atoms with Crippen LogP contribution in [0.3, 0.4) is 0 Å². The number of nitrogens with zero attached hydrogens (tertiary/aromatic N) is 3. The van der Waals surface area contributed by atoms with Crippen LogP contribution >= 0.6 is 0 Å². The Bertz CT molecular complexity index is 434. The highest BCUT2D eigenvalue weighted by atomic mass is 16.2. The summed E-state index contributed by atoms with van der Waals surface area (Å²) in [5, 5.41) is 2.86. The molecule has 0 aliphatic rings. The predicted octanol–water partition coefficient (Wildman–Crippen LogP) is 0.422. The van der Waals surface area contributed by atoms with Crippen LogP contribution in [0.5, 0.6) is 0 Å². The van der Waals surface area contributed by atoms with Gasteiger partial charge in [-0.2, -0.15) is 4.98 Å². The monoisotopic (exact) mass is 266 g/mol. The summed E-state index contributed by atoms with van der Waals surface area (Å²) in [5.41, 5.74) is 3.31. The number of rotatable bonds is 6. The van der Waals surface area contributed by atoms with Gasteiger partial charge in [0.15, 0.2) is 0 Å². The van der Waals surface area contributed by atoms with E-state index in [1.807, 2.05) is 32.6 Å². The van der Waals surface area contributed by atoms with Gasteiger partial charge in [0.1, 0.15) is 5.82 Å². The summed E-state index contributed by atoms with van der Waals surface area (Å²) in [6.07, 6.45) is 1.68. The standard InChI is InChI=1S/C12H22N6O/c1-5-18(7-10(19)15-8(2)3)11-9(4)6-14-12(16-11)17-13/h6,8H,5,7,13H2,1-4H3,(H,15,19)(H,14,16,17). The first kappa shape index (κ1) is 15.2. The minimum Gasteiger partial charge on any atom is -0.352 e. The molecule has 1 amide bonds. The molecule has 19 heavy (non-hydrogen) atoms. The SMILES string of the molecule is CCN(CC(=O)NC(C)C)c1nc(NN)ncc1C. The third kappa shape index (κ3) is 4.36. The van der Waals surface area contributed by atoms with Crippen LogP contribution in [0.1, 0.15) is 26.3 Å². The highest BCUT2D eigenvalue weighted by Crippen LogP contribution is 2.17. The van der Waals surface area contributed by atoms with Crippen molar-refractivity contribution < 1.29 is 4.79 Å². The molecule has 0 saturated heterocycles. The molecular weight excluding hydrogens is 244 g/mol. The number of hydrazine groups is 1. The molecule has 0 radical (unpaired) electrons. The van der Waals surface area contributed by atoms with Crippen LogP contribution < -0.4 is 21.5 Å². The normalized spacial score (nSPS) is 10.4. The molecule has 1 aromatic heterocycles. The average molecular weight is 266 g/mol. The Labute approximate surface area is 113 Å². The van der Waals surface area contributed by atoms with E-state index in [4.69, 9.17) is 5.84 Å². The van der Waals surface area contributed by atoms with E-state index < -0.39 is 0 Å². The fourth-order valence-corrected chi connectivity index (χ4v) is 1.70. The minimum absolute atomic E-state index is 0.0304. The fourth-order valence-electron chi connectivity index (χ4n) is 1.70. The second-order valence-electron chi connectivity index (χ2n) is 4.58. The largest absolute Gasteiger partial charge is 0.352 e. The van der Waals surface area contributed by atoms with Crippen LogP contribution in [-0.2, 0) is 4.79 Å². The summed E-state index contributed by atoms with van der Waals surface area (Å²) < 4.78 is 0. The van der Waals surface area contributed by atoms with Crippen molar-refractivity contribution in [2.45, 2.75) is 33.7 Å². The Kier molecular flexibility index (Phi) is 5.50. The zero-order valence-electron chi connectivity index (χ0n) is 11.9. The number of nitrogen functional groups attached to an aromatic ring is 1. The van der Waals surface area contributed by atoms with Gasteiger partial charge in [0, 0.05) is 24.3 Å². The molecule has 0 unspecified atom stereocenters. The summed E-state index contributed by atoms with van der Waals surface area (Å²) in [4.78, 5) is 22.0. The van der Waals surface area contributed by atoms with E-state index in [9.17, 15) is 4.79 Å². The van der Waals surface area contributed by atoms with E-state index in [-0.39, 0.29) is 18.5 Å². The molecule has 1 aromatic rings. The maximum atomic E-state index is 11.8. The molecule has 0 saturated carbocycles. The highest BCUT2D eigenvalue weighted by Gasteiger charge is 2.15. The smallest absolute Gasteiger partial charge is 0.239 e. The number of aromatic nitrogens is 2. The van der Waals surface area contributed by atoms with Crippen molar-refractivity contribution in [1.82, 2.24) is 15.3 Å². The molecule has 0 aliphatic carbocycles. The van der Waals surface area contributed by atoms with Crippen molar-refractivity contribution >= 4 is 17.7 Å². The lowest BCUT2D eigenvalue weighted by Crippen LogP contribution is -2.40. The molecule has 0 spiro atoms. The quantitative estimate of drug-likeness (QED) is 0.510. The summed E-state index contributed by atoms with van der Waals surface area (Å²) in [5.74, 6) is 6.32. The second kappa shape index (κ2) is 6.89. The van der Waals surface area contributed by atoms with E-state index >= 15 is 0 Å². The van der Waals surface area contributed by atoms with E-state index in [1.165, 1.54) is 0 Å². The van der Waals surface area contributed by atoms with Crippen LogP contribution in [0.4, 0.5) is 11.8 Å². The van der Waals surface area contributed by atoms with Crippen molar-refractivity contribution in [3.63, 3.8) is 0 Å². The number of hydrogen-bond donors (Lipinski definition) is 3. The molecule has 0 aliphatic heterocycles. The first-order chi connectivity index (χ1) is 8.97. The number of nitrogens with one attached hydrogen (secondary N) is 2. The molecule has 0 atom stereocenters. The number of hydrogen-bond acceptors (Lipinski definition) is 6. The molecule has 7 heteroatoms. The molecule has 0 bridgehead atoms. The van der Waals surface area contributed by atoms with Gasteiger partial charge >= 0.3 is 0 Å². The van der Waals surface area contributed by atoms with Gasteiger partial charge in [0.2, 0.25) is 11.9 Å². The Balaban J connectivity index is 2.87. The topological polar surface area (TPSA) is 96.2 Å². The van der Waals surface area contributed by atoms with Crippen molar-refractivity contribution in [2.75, 3.05) is 23.4 Å². The number of likely N-dealkylation sites (N-methyl/N-ethyl adjacent to an activating group) is 1. The van der Waals surface area contributed by atoms with Gasteiger partial charge in [0.05, 0.1) is 6.54 Å². The number of nitrogens with two attached hydrogens (primary N) is 1. The Morgan fingerprint density at radius 3 is 2.74 bits per heavy atom. The lowest BCUT2D eigenvalue weighted by atomic mass is 10.3. The number of carbonyl (C=O) groups is 1. The lowest BCUT2D eigenvalue weighted by Gasteiger charge is -2.23. The summed E-state index contributed by atoms with van der Waals surface area (Å²) in [6.45, 7) is 8.67. The van der Waals surface area contributed by atoms with Crippen LogP contribution in [-0.4, -0.2) is 35.0 Å². The zero-order chi connectivity index (χ0) is 14.4. The second-order valence-corrected chi connectivity index (χ2v) is 4.58. The van der Waals surface area contributed by atoms with Gasteiger partial charge in [0.25, 0.3) is 0 Å². The average Bonchev–Trinajstić information content (AvgIpc) is 2.36. The van der Waals surface area contributed by atoms with E-state index in [0.717, 1.165) is 5.56 Å². The summed E-state index contributed by atoms with van der Waals surface area (Å²) in [7, 11) is 0. The van der Waals surface area contributed by atoms with Crippen LogP contribution in [0.2, 0.25) is 0 Å². The highest BCUT2D eigenvalue weighted by molar-refractivity contribution is 5.81. The fraction of sp³-hybridized carbons (Fsp3) is 0.583. The molecule has 106 valence electrons. The van der Waals surface area contributed by atoms with Gasteiger partial charge in [-0.1, -0.05) is 0 Å². The molecule has 7 nitrogen and oxygen atoms in total. The summed E-state index contributed by atoms with van der Waals surface area (Å²) >= 11 is 0. The first-order valence-electron chi connectivity index (χ1n) is 6.32. The minimum atomic E-state index is -0.0304. The molecule has 0 fully saturated rings. The summed E-state index contributed by atoms with van der Waals surface area (Å²) in [6, 6.07) is 0.124. The van der Waals surface area contributed by atoms with Crippen molar-refractivity contribution in [3.05, 3.63) is 11.8 Å². The molecule has 1 rings (SSSR count). The molecule has 1 heterocycles. The van der Waals surface area contributed by atoms with Gasteiger partial charge in [-0.3, -0.25) is 10.2 Å². The Morgan fingerprint density at radius 1 is 1.53 bits per heavy atom. The van der Waals surface area contributed by atoms with Crippen LogP contribution in [0, 0.1) is 6.92 Å². The van der Waals surface area contributed by atoms with Crippen LogP contribution in [0.25, 0.3) is 0 Å². The van der Waals surface area contributed by atoms with Crippen molar-refractivity contribution in [2.24, 2.45) is 5.84 Å². The third-order valence-corrected chi connectivity index (χ3v) is 2.54. The number of aryl methyl sites for hydroxylation is 1. The maximum absolute atomic E-state index is 11.8. The van der Waals surface area contributed by atoms with Crippen LogP contribution in [0.15, 0.2) is 6.20 Å². The Hall–Kier alpha value is -1.89. The molecule has 0 aromatic carbocycles. The number of carbonyl (C=O) groups excluding carboxylic acids is 1. The van der Waals surface area contributed by atoms with Crippen molar-refractivity contribution in [3.8, 4) is 0 Å². The molecular formula is C12H22N6O. The Morgan fingerprint density at radius 2 is 2.21 bits per heavy atom. The van der Waals surface area contributed by atoms with Gasteiger partial charge in [-0.25, -0.2) is 10.8 Å². The van der Waals surface area contributed by atoms with Gasteiger partial charge in [-0.15, -0.1) is 0 Å². The number of amides is 1. The zero-order valence-corrected chi connectivity index (χ0v) is 11.9.